The lowest BCUT2D eigenvalue weighted by atomic mass is 10.1. The Balaban J connectivity index is 2.05. The van der Waals surface area contributed by atoms with E-state index in [1.54, 1.807) is 24.1 Å². The molecule has 1 aliphatic heterocycles. The van der Waals surface area contributed by atoms with Crippen molar-refractivity contribution in [1.29, 1.82) is 0 Å². The average molecular weight is 327 g/mol. The highest BCUT2D eigenvalue weighted by atomic mass is 19.3. The Kier molecular flexibility index (Phi) is 5.92. The van der Waals surface area contributed by atoms with E-state index in [2.05, 4.69) is 4.74 Å². The summed E-state index contributed by atoms with van der Waals surface area (Å²) in [6, 6.07) is 4.57. The first-order valence-corrected chi connectivity index (χ1v) is 7.16. The maximum Gasteiger partial charge on any atom is 0.387 e. The molecule has 0 saturated carbocycles. The van der Waals surface area contributed by atoms with E-state index in [9.17, 15) is 13.6 Å². The Morgan fingerprint density at radius 2 is 2.22 bits per heavy atom. The molecule has 126 valence electrons. The van der Waals surface area contributed by atoms with Gasteiger partial charge in [0.05, 0.1) is 19.8 Å². The van der Waals surface area contributed by atoms with Crippen LogP contribution in [0.25, 0.3) is 6.08 Å². The summed E-state index contributed by atoms with van der Waals surface area (Å²) in [6.45, 7) is -1.72. The topological polar surface area (TPSA) is 48.0 Å². The molecule has 1 aromatic rings. The first-order valence-electron chi connectivity index (χ1n) is 7.16. The van der Waals surface area contributed by atoms with Crippen LogP contribution < -0.4 is 9.47 Å². The number of halogens is 2. The molecule has 0 bridgehead atoms. The standard InChI is InChI=1S/C16H19F2NO4/c1-19(12-7-8-22-10-12)15(20)6-4-11-3-5-13(23-16(17)18)14(9-11)21-2/h3-6,9,12,16H,7-8,10H2,1-2H3/b6-4+/t12-/m1/s1. The van der Waals surface area contributed by atoms with Crippen LogP contribution in [-0.4, -0.2) is 50.8 Å². The molecule has 0 N–H and O–H groups in total. The van der Waals surface area contributed by atoms with Gasteiger partial charge in [0.2, 0.25) is 5.91 Å². The van der Waals surface area contributed by atoms with Gasteiger partial charge in [0, 0.05) is 19.7 Å². The minimum absolute atomic E-state index is 0.0498. The summed E-state index contributed by atoms with van der Waals surface area (Å²) in [7, 11) is 3.09. The van der Waals surface area contributed by atoms with Gasteiger partial charge >= 0.3 is 6.61 Å². The summed E-state index contributed by atoms with van der Waals surface area (Å²) in [5.74, 6) is -0.0176. The molecule has 23 heavy (non-hydrogen) atoms. The predicted molar refractivity (Wildman–Crippen MR) is 80.7 cm³/mol. The minimum Gasteiger partial charge on any atom is -0.493 e. The molecule has 0 unspecified atom stereocenters. The minimum atomic E-state index is -2.92. The van der Waals surface area contributed by atoms with Crippen LogP contribution in [-0.2, 0) is 9.53 Å². The molecule has 5 nitrogen and oxygen atoms in total. The number of likely N-dealkylation sites (N-methyl/N-ethyl adjacent to an activating group) is 1. The zero-order chi connectivity index (χ0) is 16.8. The van der Waals surface area contributed by atoms with Crippen molar-refractivity contribution in [2.75, 3.05) is 27.4 Å². The van der Waals surface area contributed by atoms with Crippen LogP contribution in [0.2, 0.25) is 0 Å². The fourth-order valence-corrected chi connectivity index (χ4v) is 2.27. The Labute approximate surface area is 133 Å². The lowest BCUT2D eigenvalue weighted by molar-refractivity contribution is -0.126. The molecule has 0 radical (unpaired) electrons. The highest BCUT2D eigenvalue weighted by Crippen LogP contribution is 2.29. The summed E-state index contributed by atoms with van der Waals surface area (Å²) in [5.41, 5.74) is 0.646. The third-order valence-corrected chi connectivity index (χ3v) is 3.62. The smallest absolute Gasteiger partial charge is 0.387 e. The Morgan fingerprint density at radius 3 is 2.83 bits per heavy atom. The van der Waals surface area contributed by atoms with Crippen LogP contribution in [0.5, 0.6) is 11.5 Å². The Morgan fingerprint density at radius 1 is 1.43 bits per heavy atom. The molecule has 1 saturated heterocycles. The summed E-state index contributed by atoms with van der Waals surface area (Å²) in [5, 5.41) is 0. The van der Waals surface area contributed by atoms with Gasteiger partial charge < -0.3 is 19.1 Å². The Hall–Kier alpha value is -2.15. The van der Waals surface area contributed by atoms with Crippen LogP contribution >= 0.6 is 0 Å². The van der Waals surface area contributed by atoms with Gasteiger partial charge in [0.1, 0.15) is 0 Å². The highest BCUT2D eigenvalue weighted by Gasteiger charge is 2.22. The summed E-state index contributed by atoms with van der Waals surface area (Å²) in [6.07, 6.45) is 3.85. The van der Waals surface area contributed by atoms with Crippen LogP contribution in [0.4, 0.5) is 8.78 Å². The van der Waals surface area contributed by atoms with E-state index in [1.807, 2.05) is 0 Å². The molecule has 1 aliphatic rings. The fourth-order valence-electron chi connectivity index (χ4n) is 2.27. The molecule has 1 atom stereocenters. The molecule has 7 heteroatoms. The van der Waals surface area contributed by atoms with E-state index < -0.39 is 6.61 Å². The number of methoxy groups -OCH3 is 1. The molecule has 2 rings (SSSR count). The largest absolute Gasteiger partial charge is 0.493 e. The maximum absolute atomic E-state index is 12.3. The Bertz CT molecular complexity index is 571. The van der Waals surface area contributed by atoms with Crippen LogP contribution in [0.15, 0.2) is 24.3 Å². The summed E-state index contributed by atoms with van der Waals surface area (Å²) < 4.78 is 39.2. The maximum atomic E-state index is 12.3. The van der Waals surface area contributed by atoms with Crippen LogP contribution in [0, 0.1) is 0 Å². The van der Waals surface area contributed by atoms with Crippen molar-refractivity contribution >= 4 is 12.0 Å². The second kappa shape index (κ2) is 7.92. The number of nitrogens with zero attached hydrogens (tertiary/aromatic N) is 1. The quantitative estimate of drug-likeness (QED) is 0.754. The zero-order valence-corrected chi connectivity index (χ0v) is 13.0. The van der Waals surface area contributed by atoms with Gasteiger partial charge in [-0.15, -0.1) is 0 Å². The third kappa shape index (κ3) is 4.66. The predicted octanol–water partition coefficient (Wildman–Crippen LogP) is 2.56. The highest BCUT2D eigenvalue weighted by molar-refractivity contribution is 5.91. The van der Waals surface area contributed by atoms with Gasteiger partial charge in [-0.3, -0.25) is 4.79 Å². The van der Waals surface area contributed by atoms with Crippen LogP contribution in [0.1, 0.15) is 12.0 Å². The molecular weight excluding hydrogens is 308 g/mol. The number of amides is 1. The second-order valence-electron chi connectivity index (χ2n) is 5.09. The summed E-state index contributed by atoms with van der Waals surface area (Å²) >= 11 is 0. The molecular formula is C16H19F2NO4. The van der Waals surface area contributed by atoms with E-state index in [0.717, 1.165) is 6.42 Å². The second-order valence-corrected chi connectivity index (χ2v) is 5.09. The molecule has 0 spiro atoms. The molecule has 1 amide bonds. The monoisotopic (exact) mass is 327 g/mol. The van der Waals surface area contributed by atoms with Crippen molar-refractivity contribution in [2.45, 2.75) is 19.1 Å². The lowest BCUT2D eigenvalue weighted by Crippen LogP contribution is -2.36. The number of carbonyl (C=O) groups excluding carboxylic acids is 1. The van der Waals surface area contributed by atoms with Crippen molar-refractivity contribution in [3.8, 4) is 11.5 Å². The number of hydrogen-bond acceptors (Lipinski definition) is 4. The van der Waals surface area contributed by atoms with E-state index in [-0.39, 0.29) is 23.4 Å². The first-order chi connectivity index (χ1) is 11.0. The summed E-state index contributed by atoms with van der Waals surface area (Å²) in [4.78, 5) is 13.7. The van der Waals surface area contributed by atoms with Gasteiger partial charge in [0.15, 0.2) is 11.5 Å². The molecule has 1 aromatic carbocycles. The number of carbonyl (C=O) groups is 1. The molecule has 0 aromatic heterocycles. The molecule has 1 heterocycles. The zero-order valence-electron chi connectivity index (χ0n) is 13.0. The van der Waals surface area contributed by atoms with E-state index in [4.69, 9.17) is 9.47 Å². The van der Waals surface area contributed by atoms with Gasteiger partial charge in [-0.2, -0.15) is 8.78 Å². The first kappa shape index (κ1) is 17.2. The van der Waals surface area contributed by atoms with Crippen LogP contribution in [0.3, 0.4) is 0 Å². The van der Waals surface area contributed by atoms with Crippen molar-refractivity contribution in [1.82, 2.24) is 4.90 Å². The van der Waals surface area contributed by atoms with Gasteiger partial charge in [0.25, 0.3) is 0 Å². The number of alkyl halides is 2. The normalized spacial score (nSPS) is 17.7. The van der Waals surface area contributed by atoms with Gasteiger partial charge in [-0.05, 0) is 30.2 Å². The number of benzene rings is 1. The number of hydrogen-bond donors (Lipinski definition) is 0. The van der Waals surface area contributed by atoms with Gasteiger partial charge in [-0.1, -0.05) is 6.07 Å². The van der Waals surface area contributed by atoms with Crippen molar-refractivity contribution in [3.05, 3.63) is 29.8 Å². The van der Waals surface area contributed by atoms with E-state index >= 15 is 0 Å². The fraction of sp³-hybridized carbons (Fsp3) is 0.438. The lowest BCUT2D eigenvalue weighted by Gasteiger charge is -2.21. The van der Waals surface area contributed by atoms with Crippen molar-refractivity contribution in [3.63, 3.8) is 0 Å². The molecule has 0 aliphatic carbocycles. The van der Waals surface area contributed by atoms with Crippen molar-refractivity contribution in [2.24, 2.45) is 0 Å². The molecule has 1 fully saturated rings. The van der Waals surface area contributed by atoms with Gasteiger partial charge in [-0.25, -0.2) is 0 Å². The third-order valence-electron chi connectivity index (χ3n) is 3.62. The average Bonchev–Trinajstić information content (AvgIpc) is 3.06. The van der Waals surface area contributed by atoms with E-state index in [0.29, 0.717) is 18.8 Å². The van der Waals surface area contributed by atoms with E-state index in [1.165, 1.54) is 25.3 Å². The SMILES string of the molecule is COc1cc(/C=C/C(=O)N(C)[C@@H]2CCOC2)ccc1OC(F)F. The van der Waals surface area contributed by atoms with Crippen molar-refractivity contribution < 1.29 is 27.8 Å². The number of ether oxygens (including phenoxy) is 3. The number of rotatable bonds is 6.